The van der Waals surface area contributed by atoms with Crippen molar-refractivity contribution in [1.29, 1.82) is 0 Å². The Hall–Kier alpha value is -3.66. The number of carbonyl (C=O) groups is 2. The Kier molecular flexibility index (Phi) is 7.98. The van der Waals surface area contributed by atoms with Crippen LogP contribution in [0.2, 0.25) is 0 Å². The normalized spacial score (nSPS) is 13.3. The lowest BCUT2D eigenvalue weighted by molar-refractivity contribution is -0.384. The van der Waals surface area contributed by atoms with E-state index in [1.165, 1.54) is 24.3 Å². The fourth-order valence-electron chi connectivity index (χ4n) is 3.14. The third-order valence-corrected chi connectivity index (χ3v) is 4.71. The van der Waals surface area contributed by atoms with Crippen LogP contribution in [0.4, 0.5) is 17.1 Å². The molecule has 2 aromatic carbocycles. The summed E-state index contributed by atoms with van der Waals surface area (Å²) in [6.45, 7) is 4.38. The maximum Gasteiger partial charge on any atom is 0.340 e. The van der Waals surface area contributed by atoms with Gasteiger partial charge in [0, 0.05) is 30.9 Å². The highest BCUT2D eigenvalue weighted by atomic mass is 16.6. The number of hydrogen-bond acceptors (Lipinski definition) is 8. The minimum absolute atomic E-state index is 0.0651. The number of nitrogens with zero attached hydrogens (tertiary/aromatic N) is 2. The molecule has 0 atom stereocenters. The summed E-state index contributed by atoms with van der Waals surface area (Å²) < 4.78 is 16.1. The molecule has 1 aliphatic rings. The Morgan fingerprint density at radius 2 is 1.88 bits per heavy atom. The van der Waals surface area contributed by atoms with Crippen LogP contribution in [0.5, 0.6) is 5.75 Å². The monoisotopic (exact) mass is 443 g/mol. The lowest BCUT2D eigenvalue weighted by atomic mass is 10.1. The molecule has 3 rings (SSSR count). The van der Waals surface area contributed by atoms with Crippen LogP contribution in [0, 0.1) is 10.1 Å². The van der Waals surface area contributed by atoms with Gasteiger partial charge in [0.25, 0.3) is 11.6 Å². The highest BCUT2D eigenvalue weighted by Crippen LogP contribution is 2.26. The van der Waals surface area contributed by atoms with E-state index in [0.717, 1.165) is 5.69 Å². The second kappa shape index (κ2) is 11.1. The molecule has 1 heterocycles. The Bertz CT molecular complexity index is 956. The van der Waals surface area contributed by atoms with Gasteiger partial charge in [0.15, 0.2) is 6.61 Å². The Morgan fingerprint density at radius 3 is 2.53 bits per heavy atom. The van der Waals surface area contributed by atoms with E-state index in [2.05, 4.69) is 10.2 Å². The number of ether oxygens (including phenoxy) is 3. The van der Waals surface area contributed by atoms with Crippen LogP contribution in [0.25, 0.3) is 0 Å². The number of carbonyl (C=O) groups excluding carboxylic acids is 2. The predicted octanol–water partition coefficient (Wildman–Crippen LogP) is 3.02. The van der Waals surface area contributed by atoms with Crippen molar-refractivity contribution in [3.63, 3.8) is 0 Å². The second-order valence-corrected chi connectivity index (χ2v) is 7.06. The first-order valence-electron chi connectivity index (χ1n) is 10.3. The van der Waals surface area contributed by atoms with Gasteiger partial charge >= 0.3 is 5.97 Å². The van der Waals surface area contributed by atoms with Crippen LogP contribution < -0.4 is 15.0 Å². The van der Waals surface area contributed by atoms with E-state index in [1.54, 1.807) is 18.2 Å². The van der Waals surface area contributed by atoms with E-state index in [0.29, 0.717) is 56.3 Å². The van der Waals surface area contributed by atoms with Crippen LogP contribution in [0.15, 0.2) is 42.5 Å². The largest absolute Gasteiger partial charge is 0.484 e. The van der Waals surface area contributed by atoms with Gasteiger partial charge in [0.2, 0.25) is 0 Å². The van der Waals surface area contributed by atoms with Crippen LogP contribution in [-0.2, 0) is 14.3 Å². The maximum atomic E-state index is 12.6. The molecule has 170 valence electrons. The quantitative estimate of drug-likeness (QED) is 0.357. The fraction of sp³-hybridized carbons (Fsp3) is 0.364. The van der Waals surface area contributed by atoms with E-state index >= 15 is 0 Å². The lowest BCUT2D eigenvalue weighted by Crippen LogP contribution is -2.37. The third kappa shape index (κ3) is 6.17. The first-order chi connectivity index (χ1) is 15.5. The topological polar surface area (TPSA) is 120 Å². The van der Waals surface area contributed by atoms with E-state index in [4.69, 9.17) is 14.2 Å². The molecule has 10 nitrogen and oxygen atoms in total. The highest BCUT2D eigenvalue weighted by Gasteiger charge is 2.21. The number of benzene rings is 2. The molecule has 10 heteroatoms. The summed E-state index contributed by atoms with van der Waals surface area (Å²) in [6.07, 6.45) is 0.703. The summed E-state index contributed by atoms with van der Waals surface area (Å²) in [6, 6.07) is 10.5. The average Bonchev–Trinajstić information content (AvgIpc) is 2.82. The minimum atomic E-state index is -0.514. The van der Waals surface area contributed by atoms with Crippen LogP contribution in [0.1, 0.15) is 23.7 Å². The number of rotatable bonds is 9. The molecule has 1 fully saturated rings. The van der Waals surface area contributed by atoms with Gasteiger partial charge in [-0.15, -0.1) is 0 Å². The molecule has 32 heavy (non-hydrogen) atoms. The van der Waals surface area contributed by atoms with Crippen molar-refractivity contribution in [1.82, 2.24) is 0 Å². The van der Waals surface area contributed by atoms with E-state index < -0.39 is 16.8 Å². The van der Waals surface area contributed by atoms with Gasteiger partial charge in [-0.1, -0.05) is 6.92 Å². The van der Waals surface area contributed by atoms with Crippen molar-refractivity contribution in [2.75, 3.05) is 49.7 Å². The smallest absolute Gasteiger partial charge is 0.340 e. The Balaban J connectivity index is 1.67. The van der Waals surface area contributed by atoms with Gasteiger partial charge in [-0.05, 0) is 36.8 Å². The molecular weight excluding hydrogens is 418 g/mol. The van der Waals surface area contributed by atoms with Gasteiger partial charge in [-0.3, -0.25) is 14.9 Å². The third-order valence-electron chi connectivity index (χ3n) is 4.71. The van der Waals surface area contributed by atoms with Crippen molar-refractivity contribution in [3.8, 4) is 5.75 Å². The lowest BCUT2D eigenvalue weighted by Gasteiger charge is -2.30. The summed E-state index contributed by atoms with van der Waals surface area (Å²) in [5, 5.41) is 13.4. The van der Waals surface area contributed by atoms with Crippen molar-refractivity contribution in [2.45, 2.75) is 13.3 Å². The summed E-state index contributed by atoms with van der Waals surface area (Å²) in [4.78, 5) is 37.2. The number of esters is 1. The van der Waals surface area contributed by atoms with E-state index in [1.807, 2.05) is 6.92 Å². The van der Waals surface area contributed by atoms with Gasteiger partial charge in [0.1, 0.15) is 5.75 Å². The molecule has 0 spiro atoms. The Labute approximate surface area is 185 Å². The number of nitro benzene ring substituents is 1. The molecule has 1 N–H and O–H groups in total. The molecule has 1 aliphatic heterocycles. The summed E-state index contributed by atoms with van der Waals surface area (Å²) in [5.74, 6) is -0.556. The molecule has 2 aromatic rings. The maximum absolute atomic E-state index is 12.6. The molecule has 0 unspecified atom stereocenters. The first kappa shape index (κ1) is 23.0. The summed E-state index contributed by atoms with van der Waals surface area (Å²) in [7, 11) is 0. The summed E-state index contributed by atoms with van der Waals surface area (Å²) in [5.41, 5.74) is 1.47. The molecule has 0 aliphatic carbocycles. The number of anilines is 2. The molecule has 1 saturated heterocycles. The van der Waals surface area contributed by atoms with Crippen molar-refractivity contribution in [3.05, 3.63) is 58.1 Å². The standard InChI is InChI=1S/C22H25N3O7/c1-2-11-31-22(27)19-14-16(3-8-20(19)24-9-12-30-13-10-24)23-21(26)15-32-18-6-4-17(5-7-18)25(28)29/h3-8,14H,2,9-13,15H2,1H3,(H,23,26). The minimum Gasteiger partial charge on any atom is -0.484 e. The van der Waals surface area contributed by atoms with Crippen LogP contribution >= 0.6 is 0 Å². The van der Waals surface area contributed by atoms with Crippen molar-refractivity contribution in [2.24, 2.45) is 0 Å². The molecule has 1 amide bonds. The van der Waals surface area contributed by atoms with Crippen LogP contribution in [0.3, 0.4) is 0 Å². The van der Waals surface area contributed by atoms with Crippen molar-refractivity contribution < 1.29 is 28.7 Å². The van der Waals surface area contributed by atoms with Gasteiger partial charge in [-0.25, -0.2) is 4.79 Å². The number of morpholine rings is 1. The SMILES string of the molecule is CCCOC(=O)c1cc(NC(=O)COc2ccc([N+](=O)[O-])cc2)ccc1N1CCOCC1. The second-order valence-electron chi connectivity index (χ2n) is 7.06. The first-order valence-corrected chi connectivity index (χ1v) is 10.3. The molecule has 0 bridgehead atoms. The zero-order valence-electron chi connectivity index (χ0n) is 17.7. The highest BCUT2D eigenvalue weighted by molar-refractivity contribution is 5.99. The molecule has 0 radical (unpaired) electrons. The van der Waals surface area contributed by atoms with E-state index in [9.17, 15) is 19.7 Å². The number of nitrogens with one attached hydrogen (secondary N) is 1. The zero-order valence-corrected chi connectivity index (χ0v) is 17.7. The fourth-order valence-corrected chi connectivity index (χ4v) is 3.14. The number of non-ortho nitro benzene ring substituents is 1. The molecular formula is C22H25N3O7. The molecule has 0 aromatic heterocycles. The van der Waals surface area contributed by atoms with Crippen molar-refractivity contribution >= 4 is 28.9 Å². The van der Waals surface area contributed by atoms with Gasteiger partial charge < -0.3 is 24.4 Å². The van der Waals surface area contributed by atoms with Gasteiger partial charge in [-0.2, -0.15) is 0 Å². The average molecular weight is 443 g/mol. The zero-order chi connectivity index (χ0) is 22.9. The number of amides is 1. The van der Waals surface area contributed by atoms with E-state index in [-0.39, 0.29) is 12.3 Å². The predicted molar refractivity (Wildman–Crippen MR) is 117 cm³/mol. The van der Waals surface area contributed by atoms with Crippen LogP contribution in [-0.4, -0.2) is 56.3 Å². The number of hydrogen-bond donors (Lipinski definition) is 1. The number of nitro groups is 1. The molecule has 0 saturated carbocycles. The summed E-state index contributed by atoms with van der Waals surface area (Å²) >= 11 is 0. The Morgan fingerprint density at radius 1 is 1.16 bits per heavy atom. The van der Waals surface area contributed by atoms with Gasteiger partial charge in [0.05, 0.1) is 36.0 Å².